The third kappa shape index (κ3) is 7.73. The van der Waals surface area contributed by atoms with E-state index in [4.69, 9.17) is 9.98 Å². The van der Waals surface area contributed by atoms with Gasteiger partial charge in [0.1, 0.15) is 0 Å². The lowest BCUT2D eigenvalue weighted by molar-refractivity contribution is -0.125. The molecule has 2 aromatic carbocycles. The molecule has 0 unspecified atom stereocenters. The predicted molar refractivity (Wildman–Crippen MR) is 240 cm³/mol. The molecular weight excluding hydrogens is 769 g/mol. The second kappa shape index (κ2) is 17.1. The van der Waals surface area contributed by atoms with Crippen molar-refractivity contribution < 1.29 is 9.59 Å². The van der Waals surface area contributed by atoms with Crippen LogP contribution < -0.4 is 0 Å². The molecule has 2 aliphatic heterocycles. The van der Waals surface area contributed by atoms with Crippen LogP contribution >= 0.6 is 45.3 Å². The van der Waals surface area contributed by atoms with E-state index in [9.17, 15) is 9.59 Å². The molecule has 0 bridgehead atoms. The summed E-state index contributed by atoms with van der Waals surface area (Å²) in [6.07, 6.45) is 8.44. The largest absolute Gasteiger partial charge is 0.290 e. The minimum atomic E-state index is -0.227. The van der Waals surface area contributed by atoms with Crippen LogP contribution in [0.1, 0.15) is 88.8 Å². The molecule has 0 saturated heterocycles. The van der Waals surface area contributed by atoms with Gasteiger partial charge in [0.15, 0.2) is 23.1 Å². The van der Waals surface area contributed by atoms with Crippen LogP contribution in [0, 0.1) is 11.8 Å². The van der Waals surface area contributed by atoms with Crippen molar-refractivity contribution in [1.82, 2.24) is 9.80 Å². The van der Waals surface area contributed by atoms with Gasteiger partial charge in [0.05, 0.1) is 9.75 Å². The molecule has 0 N–H and O–H groups in total. The Labute approximate surface area is 345 Å². The molecule has 10 heteroatoms. The predicted octanol–water partition coefficient (Wildman–Crippen LogP) is 13.1. The van der Waals surface area contributed by atoms with Crippen molar-refractivity contribution in [2.24, 2.45) is 21.8 Å². The number of rotatable bonds is 16. The van der Waals surface area contributed by atoms with Gasteiger partial charge in [-0.05, 0) is 84.0 Å². The zero-order valence-corrected chi connectivity index (χ0v) is 35.8. The number of carbonyl (C=O) groups excluding carboxylic acids is 2. The first-order valence-electron chi connectivity index (χ1n) is 20.1. The molecule has 2 atom stereocenters. The normalized spacial score (nSPS) is 17.1. The molecule has 288 valence electrons. The Kier molecular flexibility index (Phi) is 11.8. The van der Waals surface area contributed by atoms with Crippen LogP contribution in [0.2, 0.25) is 0 Å². The number of nitrogens with zero attached hydrogens (tertiary/aromatic N) is 4. The van der Waals surface area contributed by atoms with E-state index >= 15 is 0 Å². The van der Waals surface area contributed by atoms with Gasteiger partial charge in [-0.1, -0.05) is 103 Å². The maximum absolute atomic E-state index is 14.7. The molecule has 6 nitrogen and oxygen atoms in total. The van der Waals surface area contributed by atoms with Crippen molar-refractivity contribution in [3.63, 3.8) is 0 Å². The summed E-state index contributed by atoms with van der Waals surface area (Å²) in [5.41, 5.74) is 0.324. The van der Waals surface area contributed by atoms with Gasteiger partial charge < -0.3 is 0 Å². The first kappa shape index (κ1) is 38.6. The second-order valence-electron chi connectivity index (χ2n) is 14.9. The number of hydrogen-bond acceptors (Lipinski definition) is 8. The average Bonchev–Trinajstić information content (AvgIpc) is 4.08. The Morgan fingerprint density at radius 1 is 0.518 bits per heavy atom. The fraction of sp³-hybridized carbons (Fsp3) is 0.348. The molecule has 2 aliphatic rings. The smallest absolute Gasteiger partial charge is 0.280 e. The van der Waals surface area contributed by atoms with Crippen LogP contribution in [0.3, 0.4) is 0 Å². The van der Waals surface area contributed by atoms with Crippen molar-refractivity contribution in [3.05, 3.63) is 106 Å². The molecule has 0 saturated carbocycles. The number of hydrogen-bond donors (Lipinski definition) is 0. The number of benzene rings is 2. The highest BCUT2D eigenvalue weighted by Gasteiger charge is 2.42. The molecule has 6 heterocycles. The molecule has 0 spiro atoms. The van der Waals surface area contributed by atoms with Crippen molar-refractivity contribution >= 4 is 89.0 Å². The molecule has 6 aromatic rings. The molecule has 0 radical (unpaired) electrons. The maximum atomic E-state index is 14.7. The third-order valence-electron chi connectivity index (χ3n) is 11.0. The van der Waals surface area contributed by atoms with Gasteiger partial charge in [-0.15, -0.1) is 45.3 Å². The van der Waals surface area contributed by atoms with Crippen LogP contribution in [-0.4, -0.2) is 46.4 Å². The lowest BCUT2D eigenvalue weighted by atomic mass is 9.98. The lowest BCUT2D eigenvalue weighted by Gasteiger charge is -2.24. The first-order chi connectivity index (χ1) is 27.4. The Hall–Kier alpha value is -4.22. The van der Waals surface area contributed by atoms with Gasteiger partial charge in [-0.25, -0.2) is 9.98 Å². The summed E-state index contributed by atoms with van der Waals surface area (Å²) in [5.74, 6) is 1.46. The summed E-state index contributed by atoms with van der Waals surface area (Å²) in [4.78, 5) is 49.8. The van der Waals surface area contributed by atoms with Gasteiger partial charge in [0.2, 0.25) is 0 Å². The standard InChI is InChI=1S/C46H48N4O2S4/c1-5-9-15-29(7-3)27-49-43(37-23-21-35(55-37)39-25-31-17-11-13-19-33(31)53-39)47-41(45(49)51)42-46(52)50(28-30(8-4)16-10-6-2)44(48-42)38-24-22-36(56-38)40-26-32-18-12-14-20-34(32)54-40/h11-14,17-26,29-30H,5-10,15-16,27-28H2,1-4H3/b42-41+/t29-,30+. The van der Waals surface area contributed by atoms with Gasteiger partial charge in [0.25, 0.3) is 11.8 Å². The van der Waals surface area contributed by atoms with E-state index < -0.39 is 0 Å². The van der Waals surface area contributed by atoms with E-state index in [0.717, 1.165) is 70.9 Å². The average molecular weight is 817 g/mol. The summed E-state index contributed by atoms with van der Waals surface area (Å²) in [6.45, 7) is 9.95. The lowest BCUT2D eigenvalue weighted by Crippen LogP contribution is -2.38. The quantitative estimate of drug-likeness (QED) is 0.0913. The number of amides is 2. The molecule has 0 fully saturated rings. The van der Waals surface area contributed by atoms with E-state index in [0.29, 0.717) is 36.6 Å². The number of fused-ring (bicyclic) bond motifs is 2. The van der Waals surface area contributed by atoms with Crippen LogP contribution in [0.5, 0.6) is 0 Å². The topological polar surface area (TPSA) is 65.3 Å². The number of carbonyl (C=O) groups is 2. The highest BCUT2D eigenvalue weighted by Crippen LogP contribution is 2.41. The highest BCUT2D eigenvalue weighted by molar-refractivity contribution is 7.27. The highest BCUT2D eigenvalue weighted by atomic mass is 32.1. The summed E-state index contributed by atoms with van der Waals surface area (Å²) in [6, 6.07) is 29.8. The van der Waals surface area contributed by atoms with Crippen molar-refractivity contribution in [1.29, 1.82) is 0 Å². The third-order valence-corrected chi connectivity index (χ3v) is 15.8. The number of amidine groups is 2. The molecule has 8 rings (SSSR count). The zero-order valence-electron chi connectivity index (χ0n) is 32.5. The summed E-state index contributed by atoms with van der Waals surface area (Å²) in [5, 5.41) is 2.46. The molecule has 0 aliphatic carbocycles. The van der Waals surface area contributed by atoms with Crippen LogP contribution in [0.25, 0.3) is 39.7 Å². The Morgan fingerprint density at radius 2 is 0.929 bits per heavy atom. The minimum Gasteiger partial charge on any atom is -0.290 e. The summed E-state index contributed by atoms with van der Waals surface area (Å²) >= 11 is 6.87. The van der Waals surface area contributed by atoms with Gasteiger partial charge >= 0.3 is 0 Å². The SMILES string of the molecule is CCCC[C@@H](CC)CN1C(=O)/C(=C2\N=C(c3ccc(-c4cc5ccccc5s4)s3)N(C[C@@H](CC)CCCC)C2=O)N=C1c1ccc(-c2cc3ccccc3s2)s1. The van der Waals surface area contributed by atoms with E-state index in [2.05, 4.69) is 113 Å². The number of unbranched alkanes of at least 4 members (excludes halogenated alkanes) is 2. The maximum Gasteiger partial charge on any atom is 0.280 e. The second-order valence-corrected chi connectivity index (χ2v) is 19.2. The van der Waals surface area contributed by atoms with Crippen LogP contribution in [0.4, 0.5) is 0 Å². The Morgan fingerprint density at radius 3 is 1.32 bits per heavy atom. The van der Waals surface area contributed by atoms with Gasteiger partial charge in [-0.2, -0.15) is 0 Å². The number of aliphatic imine (C=N–C) groups is 2. The van der Waals surface area contributed by atoms with Gasteiger partial charge in [-0.3, -0.25) is 19.4 Å². The fourth-order valence-corrected chi connectivity index (χ4v) is 11.9. The van der Waals surface area contributed by atoms with Crippen molar-refractivity contribution in [2.75, 3.05) is 13.1 Å². The van der Waals surface area contributed by atoms with Crippen molar-refractivity contribution in [2.45, 2.75) is 79.1 Å². The molecular formula is C46H48N4O2S4. The van der Waals surface area contributed by atoms with E-state index in [1.54, 1.807) is 45.3 Å². The van der Waals surface area contributed by atoms with Crippen molar-refractivity contribution in [3.8, 4) is 19.5 Å². The summed E-state index contributed by atoms with van der Waals surface area (Å²) < 4.78 is 2.50. The molecule has 2 amide bonds. The Bertz CT molecular complexity index is 2240. The zero-order chi connectivity index (χ0) is 38.8. The van der Waals surface area contributed by atoms with Gasteiger partial charge in [0, 0.05) is 42.0 Å². The molecule has 4 aromatic heterocycles. The van der Waals surface area contributed by atoms with Crippen LogP contribution in [-0.2, 0) is 9.59 Å². The van der Waals surface area contributed by atoms with Crippen LogP contribution in [0.15, 0.2) is 106 Å². The monoisotopic (exact) mass is 816 g/mol. The number of thiophene rings is 4. The fourth-order valence-electron chi connectivity index (χ4n) is 7.64. The van der Waals surface area contributed by atoms with E-state index in [1.165, 1.54) is 29.9 Å². The minimum absolute atomic E-state index is 0.162. The summed E-state index contributed by atoms with van der Waals surface area (Å²) in [7, 11) is 0. The Balaban J connectivity index is 1.20. The van der Waals surface area contributed by atoms with E-state index in [1.807, 2.05) is 9.80 Å². The first-order valence-corrected chi connectivity index (χ1v) is 23.4. The molecule has 56 heavy (non-hydrogen) atoms. The van der Waals surface area contributed by atoms with E-state index in [-0.39, 0.29) is 23.2 Å².